The Morgan fingerprint density at radius 2 is 1.92 bits per heavy atom. The third-order valence-corrected chi connectivity index (χ3v) is 3.47. The molecule has 6 nitrogen and oxygen atoms in total. The Hall–Kier alpha value is -2.12. The summed E-state index contributed by atoms with van der Waals surface area (Å²) in [5, 5.41) is 0. The molecule has 1 saturated heterocycles. The number of halogens is 2. The second kappa shape index (κ2) is 6.78. The number of ether oxygens (including phenoxy) is 1. The van der Waals surface area contributed by atoms with E-state index in [9.17, 15) is 13.6 Å². The van der Waals surface area contributed by atoms with Crippen LogP contribution >= 0.6 is 0 Å². The van der Waals surface area contributed by atoms with Gasteiger partial charge in [0.25, 0.3) is 5.92 Å². The van der Waals surface area contributed by atoms with E-state index in [1.807, 2.05) is 17.9 Å². The average Bonchev–Trinajstić information content (AvgIpc) is 2.42. The van der Waals surface area contributed by atoms with Crippen LogP contribution in [-0.2, 0) is 4.74 Å². The fourth-order valence-electron chi connectivity index (χ4n) is 2.36. The molecular formula is C16H24F2N4O2. The molecule has 1 aliphatic heterocycles. The average molecular weight is 342 g/mol. The summed E-state index contributed by atoms with van der Waals surface area (Å²) in [5.41, 5.74) is 5.41. The van der Waals surface area contributed by atoms with Gasteiger partial charge >= 0.3 is 6.09 Å². The van der Waals surface area contributed by atoms with Crippen molar-refractivity contribution in [3.8, 4) is 0 Å². The SMILES string of the molecule is Cc1cc(NNC(=O)OC(C)(C)C)nc(N2CCC(F)(F)CC2)c1. The molecule has 0 atom stereocenters. The molecule has 8 heteroatoms. The number of carbonyl (C=O) groups is 1. The number of carbonyl (C=O) groups excluding carboxylic acids is 1. The Kier molecular flexibility index (Phi) is 5.15. The number of piperidine rings is 1. The summed E-state index contributed by atoms with van der Waals surface area (Å²) in [6.45, 7) is 7.68. The van der Waals surface area contributed by atoms with Crippen molar-refractivity contribution in [1.82, 2.24) is 10.4 Å². The summed E-state index contributed by atoms with van der Waals surface area (Å²) < 4.78 is 31.7. The third-order valence-electron chi connectivity index (χ3n) is 3.47. The fourth-order valence-corrected chi connectivity index (χ4v) is 2.36. The first-order chi connectivity index (χ1) is 11.0. The number of pyridine rings is 1. The molecule has 2 rings (SSSR count). The number of aryl methyl sites for hydroxylation is 1. The van der Waals surface area contributed by atoms with Crippen LogP contribution in [0.25, 0.3) is 0 Å². The van der Waals surface area contributed by atoms with Crippen molar-refractivity contribution in [3.63, 3.8) is 0 Å². The number of hydrogen-bond donors (Lipinski definition) is 2. The van der Waals surface area contributed by atoms with Crippen LogP contribution in [0.5, 0.6) is 0 Å². The molecule has 0 aromatic carbocycles. The Balaban J connectivity index is 2.00. The van der Waals surface area contributed by atoms with Crippen molar-refractivity contribution in [3.05, 3.63) is 17.7 Å². The van der Waals surface area contributed by atoms with E-state index in [0.717, 1.165) is 5.56 Å². The van der Waals surface area contributed by atoms with Gasteiger partial charge in [-0.05, 0) is 45.4 Å². The zero-order valence-corrected chi connectivity index (χ0v) is 14.4. The maximum atomic E-state index is 13.3. The van der Waals surface area contributed by atoms with E-state index in [0.29, 0.717) is 11.6 Å². The summed E-state index contributed by atoms with van der Waals surface area (Å²) in [7, 11) is 0. The fraction of sp³-hybridized carbons (Fsp3) is 0.625. The standard InChI is InChI=1S/C16H24F2N4O2/c1-11-9-12(20-21-14(23)24-15(2,3)4)19-13(10-11)22-7-5-16(17,18)6-8-22/h9-10H,5-8H2,1-4H3,(H,19,20)(H,21,23). The molecule has 2 N–H and O–H groups in total. The number of rotatable bonds is 3. The van der Waals surface area contributed by atoms with Gasteiger partial charge in [0, 0.05) is 25.9 Å². The predicted molar refractivity (Wildman–Crippen MR) is 88.4 cm³/mol. The number of nitrogens with zero attached hydrogens (tertiary/aromatic N) is 2. The van der Waals surface area contributed by atoms with Crippen LogP contribution in [-0.4, -0.2) is 35.7 Å². The molecule has 0 bridgehead atoms. The highest BCUT2D eigenvalue weighted by Crippen LogP contribution is 2.30. The Morgan fingerprint density at radius 1 is 1.29 bits per heavy atom. The first kappa shape index (κ1) is 18.2. The Morgan fingerprint density at radius 3 is 2.50 bits per heavy atom. The highest BCUT2D eigenvalue weighted by Gasteiger charge is 2.34. The maximum absolute atomic E-state index is 13.3. The number of aromatic nitrogens is 1. The smallest absolute Gasteiger partial charge is 0.426 e. The van der Waals surface area contributed by atoms with Crippen molar-refractivity contribution in [1.29, 1.82) is 0 Å². The van der Waals surface area contributed by atoms with Crippen LogP contribution in [0.2, 0.25) is 0 Å². The predicted octanol–water partition coefficient (Wildman–Crippen LogP) is 3.48. The second-order valence-corrected chi connectivity index (χ2v) is 6.98. The van der Waals surface area contributed by atoms with Crippen LogP contribution in [0.4, 0.5) is 25.2 Å². The first-order valence-electron chi connectivity index (χ1n) is 7.91. The molecule has 0 spiro atoms. The third kappa shape index (κ3) is 5.50. The lowest BCUT2D eigenvalue weighted by Gasteiger charge is -2.32. The van der Waals surface area contributed by atoms with Crippen molar-refractivity contribution < 1.29 is 18.3 Å². The Labute approximate surface area is 140 Å². The molecule has 1 fully saturated rings. The lowest BCUT2D eigenvalue weighted by molar-refractivity contribution is -0.0221. The van der Waals surface area contributed by atoms with Gasteiger partial charge in [-0.2, -0.15) is 0 Å². The van der Waals surface area contributed by atoms with Crippen molar-refractivity contribution in [2.45, 2.75) is 52.1 Å². The summed E-state index contributed by atoms with van der Waals surface area (Å²) in [6, 6.07) is 3.58. The van der Waals surface area contributed by atoms with Crippen LogP contribution in [0.15, 0.2) is 12.1 Å². The highest BCUT2D eigenvalue weighted by atomic mass is 19.3. The number of anilines is 2. The maximum Gasteiger partial charge on any atom is 0.426 e. The normalized spacial score (nSPS) is 17.3. The minimum absolute atomic E-state index is 0.179. The van der Waals surface area contributed by atoms with Gasteiger partial charge in [-0.15, -0.1) is 0 Å². The van der Waals surface area contributed by atoms with Gasteiger partial charge in [0.1, 0.15) is 17.2 Å². The minimum atomic E-state index is -2.60. The molecule has 2 heterocycles. The quantitative estimate of drug-likeness (QED) is 0.823. The van der Waals surface area contributed by atoms with Crippen LogP contribution < -0.4 is 15.8 Å². The molecule has 1 aliphatic rings. The summed E-state index contributed by atoms with van der Waals surface area (Å²) in [4.78, 5) is 17.9. The molecular weight excluding hydrogens is 318 g/mol. The number of nitrogens with one attached hydrogen (secondary N) is 2. The molecule has 24 heavy (non-hydrogen) atoms. The van der Waals surface area contributed by atoms with Gasteiger partial charge in [0.05, 0.1) is 0 Å². The Bertz CT molecular complexity index is 592. The van der Waals surface area contributed by atoms with Gasteiger partial charge < -0.3 is 9.64 Å². The van der Waals surface area contributed by atoms with Gasteiger partial charge in [-0.1, -0.05) is 0 Å². The van der Waals surface area contributed by atoms with Gasteiger partial charge in [0.15, 0.2) is 0 Å². The number of amides is 1. The van der Waals surface area contributed by atoms with E-state index in [2.05, 4.69) is 15.8 Å². The zero-order valence-electron chi connectivity index (χ0n) is 14.4. The molecule has 1 amide bonds. The molecule has 0 saturated carbocycles. The van der Waals surface area contributed by atoms with E-state index < -0.39 is 17.6 Å². The number of hydrazine groups is 1. The van der Waals surface area contributed by atoms with Gasteiger partial charge in [-0.3, -0.25) is 5.43 Å². The molecule has 0 aliphatic carbocycles. The van der Waals surface area contributed by atoms with Crippen molar-refractivity contribution in [2.24, 2.45) is 0 Å². The summed E-state index contributed by atoms with van der Waals surface area (Å²) in [5.74, 6) is -1.56. The molecule has 1 aromatic heterocycles. The highest BCUT2D eigenvalue weighted by molar-refractivity contribution is 5.69. The van der Waals surface area contributed by atoms with Crippen molar-refractivity contribution >= 4 is 17.7 Å². The zero-order chi connectivity index (χ0) is 18.0. The molecule has 134 valence electrons. The van der Waals surface area contributed by atoms with E-state index in [4.69, 9.17) is 4.74 Å². The minimum Gasteiger partial charge on any atom is -0.443 e. The van der Waals surface area contributed by atoms with Gasteiger partial charge in [0.2, 0.25) is 0 Å². The molecule has 0 radical (unpaired) electrons. The van der Waals surface area contributed by atoms with E-state index in [-0.39, 0.29) is 25.9 Å². The van der Waals surface area contributed by atoms with Crippen molar-refractivity contribution in [2.75, 3.05) is 23.4 Å². The van der Waals surface area contributed by atoms with E-state index in [1.54, 1.807) is 26.8 Å². The van der Waals surface area contributed by atoms with Crippen LogP contribution in [0, 0.1) is 6.92 Å². The lowest BCUT2D eigenvalue weighted by Crippen LogP contribution is -2.40. The lowest BCUT2D eigenvalue weighted by atomic mass is 10.1. The number of hydrogen-bond acceptors (Lipinski definition) is 5. The summed E-state index contributed by atoms with van der Waals surface area (Å²) in [6.07, 6.45) is -0.978. The number of alkyl halides is 2. The summed E-state index contributed by atoms with van der Waals surface area (Å²) >= 11 is 0. The molecule has 0 unspecified atom stereocenters. The second-order valence-electron chi connectivity index (χ2n) is 6.98. The van der Waals surface area contributed by atoms with E-state index in [1.165, 1.54) is 0 Å². The van der Waals surface area contributed by atoms with E-state index >= 15 is 0 Å². The largest absolute Gasteiger partial charge is 0.443 e. The molecule has 1 aromatic rings. The topological polar surface area (TPSA) is 66.5 Å². The van der Waals surface area contributed by atoms with Gasteiger partial charge in [-0.25, -0.2) is 24.0 Å². The first-order valence-corrected chi connectivity index (χ1v) is 7.91. The van der Waals surface area contributed by atoms with Crippen LogP contribution in [0.1, 0.15) is 39.2 Å². The van der Waals surface area contributed by atoms with Crippen LogP contribution in [0.3, 0.4) is 0 Å². The monoisotopic (exact) mass is 342 g/mol.